The molecule has 126 valence electrons. The quantitative estimate of drug-likeness (QED) is 0.702. The van der Waals surface area contributed by atoms with E-state index < -0.39 is 0 Å². The van der Waals surface area contributed by atoms with Crippen LogP contribution in [-0.2, 0) is 0 Å². The molecule has 3 heteroatoms. The molecule has 0 N–H and O–H groups in total. The van der Waals surface area contributed by atoms with Gasteiger partial charge in [-0.2, -0.15) is 0 Å². The van der Waals surface area contributed by atoms with Gasteiger partial charge in [-0.05, 0) is 57.2 Å². The number of benzene rings is 1. The zero-order valence-electron chi connectivity index (χ0n) is 15.6. The van der Waals surface area contributed by atoms with Crippen LogP contribution in [0, 0.1) is 26.7 Å². The topological polar surface area (TPSA) is 29.3 Å². The molecule has 0 radical (unpaired) electrons. The van der Waals surface area contributed by atoms with Crippen molar-refractivity contribution >= 4 is 5.69 Å². The lowest BCUT2D eigenvalue weighted by molar-refractivity contribution is 0.393. The Bertz CT molecular complexity index is 638. The summed E-state index contributed by atoms with van der Waals surface area (Å²) in [6.07, 6.45) is 1.15. The first-order valence-electron chi connectivity index (χ1n) is 8.71. The van der Waals surface area contributed by atoms with E-state index in [9.17, 15) is 0 Å². The Kier molecular flexibility index (Phi) is 5.51. The molecule has 0 saturated carbocycles. The highest BCUT2D eigenvalue weighted by Gasteiger charge is 2.22. The fraction of sp³-hybridized carbons (Fsp3) is 0.550. The summed E-state index contributed by atoms with van der Waals surface area (Å²) in [4.78, 5) is 2.54. The highest BCUT2D eigenvalue weighted by molar-refractivity contribution is 5.73. The highest BCUT2D eigenvalue weighted by Crippen LogP contribution is 2.33. The van der Waals surface area contributed by atoms with Crippen LogP contribution in [0.2, 0.25) is 0 Å². The van der Waals surface area contributed by atoms with E-state index in [-0.39, 0.29) is 0 Å². The third-order valence-corrected chi connectivity index (χ3v) is 4.77. The van der Waals surface area contributed by atoms with Crippen LogP contribution in [0.25, 0.3) is 11.1 Å². The smallest absolute Gasteiger partial charge is 0.141 e. The maximum absolute atomic E-state index is 5.35. The molecule has 2 rings (SSSR count). The van der Waals surface area contributed by atoms with Crippen LogP contribution in [0.4, 0.5) is 5.69 Å². The van der Waals surface area contributed by atoms with Crippen molar-refractivity contribution in [1.29, 1.82) is 0 Å². The SMILES string of the molecule is CCC(C(C)C)N(CC)c1cc(-c2c(C)noc2C)ccc1C. The van der Waals surface area contributed by atoms with Gasteiger partial charge in [0, 0.05) is 23.8 Å². The molecule has 0 fully saturated rings. The lowest BCUT2D eigenvalue weighted by atomic mass is 9.96. The van der Waals surface area contributed by atoms with Crippen LogP contribution in [0.15, 0.2) is 22.7 Å². The second-order valence-corrected chi connectivity index (χ2v) is 6.71. The zero-order chi connectivity index (χ0) is 17.1. The van der Waals surface area contributed by atoms with Crippen molar-refractivity contribution < 1.29 is 4.52 Å². The summed E-state index contributed by atoms with van der Waals surface area (Å²) < 4.78 is 5.35. The first kappa shape index (κ1) is 17.6. The fourth-order valence-electron chi connectivity index (χ4n) is 3.60. The van der Waals surface area contributed by atoms with Gasteiger partial charge in [0.25, 0.3) is 0 Å². The predicted octanol–water partition coefficient (Wildman–Crippen LogP) is 5.53. The largest absolute Gasteiger partial charge is 0.368 e. The predicted molar refractivity (Wildman–Crippen MR) is 98.1 cm³/mol. The minimum absolute atomic E-state index is 0.554. The summed E-state index contributed by atoms with van der Waals surface area (Å²) in [6.45, 7) is 16.3. The number of rotatable bonds is 6. The molecule has 0 aliphatic rings. The van der Waals surface area contributed by atoms with Gasteiger partial charge in [0.1, 0.15) is 5.76 Å². The van der Waals surface area contributed by atoms with Crippen LogP contribution in [-0.4, -0.2) is 17.7 Å². The van der Waals surface area contributed by atoms with E-state index in [1.54, 1.807) is 0 Å². The van der Waals surface area contributed by atoms with Crippen molar-refractivity contribution in [2.24, 2.45) is 5.92 Å². The molecule has 0 amide bonds. The lowest BCUT2D eigenvalue weighted by Crippen LogP contribution is -2.39. The van der Waals surface area contributed by atoms with E-state index >= 15 is 0 Å². The maximum Gasteiger partial charge on any atom is 0.141 e. The Hall–Kier alpha value is -1.77. The summed E-state index contributed by atoms with van der Waals surface area (Å²) in [5.74, 6) is 1.51. The Morgan fingerprint density at radius 2 is 1.83 bits per heavy atom. The van der Waals surface area contributed by atoms with Crippen molar-refractivity contribution in [1.82, 2.24) is 5.16 Å². The summed E-state index contributed by atoms with van der Waals surface area (Å²) in [5, 5.41) is 4.10. The van der Waals surface area contributed by atoms with Crippen LogP contribution in [0.5, 0.6) is 0 Å². The van der Waals surface area contributed by atoms with Crippen molar-refractivity contribution in [3.8, 4) is 11.1 Å². The fourth-order valence-corrected chi connectivity index (χ4v) is 3.60. The molecule has 23 heavy (non-hydrogen) atoms. The molecule has 1 unspecified atom stereocenters. The van der Waals surface area contributed by atoms with E-state index in [0.717, 1.165) is 30.0 Å². The summed E-state index contributed by atoms with van der Waals surface area (Å²) >= 11 is 0. The van der Waals surface area contributed by atoms with Gasteiger partial charge in [-0.3, -0.25) is 0 Å². The zero-order valence-corrected chi connectivity index (χ0v) is 15.6. The monoisotopic (exact) mass is 314 g/mol. The number of hydrogen-bond acceptors (Lipinski definition) is 3. The number of hydrogen-bond donors (Lipinski definition) is 0. The molecular weight excluding hydrogens is 284 g/mol. The normalized spacial score (nSPS) is 12.7. The molecular formula is C20H30N2O. The number of aryl methyl sites for hydroxylation is 3. The number of anilines is 1. The second-order valence-electron chi connectivity index (χ2n) is 6.71. The van der Waals surface area contributed by atoms with Gasteiger partial charge in [-0.25, -0.2) is 0 Å². The van der Waals surface area contributed by atoms with Crippen molar-refractivity contribution in [3.05, 3.63) is 35.2 Å². The minimum atomic E-state index is 0.554. The number of aromatic nitrogens is 1. The van der Waals surface area contributed by atoms with Crippen molar-refractivity contribution in [2.45, 2.75) is 60.9 Å². The average Bonchev–Trinajstić information content (AvgIpc) is 2.84. The Balaban J connectivity index is 2.52. The van der Waals surface area contributed by atoms with Crippen LogP contribution in [0.1, 0.15) is 51.1 Å². The van der Waals surface area contributed by atoms with E-state index in [1.807, 2.05) is 13.8 Å². The third-order valence-electron chi connectivity index (χ3n) is 4.77. The van der Waals surface area contributed by atoms with Gasteiger partial charge in [0.05, 0.1) is 5.69 Å². The molecule has 3 nitrogen and oxygen atoms in total. The van der Waals surface area contributed by atoms with Gasteiger partial charge in [0.15, 0.2) is 0 Å². The minimum Gasteiger partial charge on any atom is -0.368 e. The van der Waals surface area contributed by atoms with Crippen LogP contribution >= 0.6 is 0 Å². The van der Waals surface area contributed by atoms with Gasteiger partial charge in [-0.15, -0.1) is 0 Å². The van der Waals surface area contributed by atoms with Gasteiger partial charge in [-0.1, -0.05) is 38.1 Å². The van der Waals surface area contributed by atoms with Crippen molar-refractivity contribution in [2.75, 3.05) is 11.4 Å². The molecule has 2 aromatic rings. The maximum atomic E-state index is 5.35. The van der Waals surface area contributed by atoms with E-state index in [0.29, 0.717) is 12.0 Å². The average molecular weight is 314 g/mol. The Labute approximate surface area is 140 Å². The van der Waals surface area contributed by atoms with Gasteiger partial charge in [0.2, 0.25) is 0 Å². The summed E-state index contributed by atoms with van der Waals surface area (Å²) in [5.41, 5.74) is 5.92. The standard InChI is InChI=1S/C20H30N2O/c1-8-18(13(3)4)22(9-2)19-12-17(11-10-14(19)5)20-15(6)21-23-16(20)7/h10-13,18H,8-9H2,1-7H3. The molecule has 0 aliphatic heterocycles. The van der Waals surface area contributed by atoms with Crippen LogP contribution < -0.4 is 4.90 Å². The van der Waals surface area contributed by atoms with E-state index in [2.05, 4.69) is 62.9 Å². The molecule has 0 spiro atoms. The molecule has 1 aromatic heterocycles. The lowest BCUT2D eigenvalue weighted by Gasteiger charge is -2.36. The molecule has 1 atom stereocenters. The Morgan fingerprint density at radius 3 is 2.30 bits per heavy atom. The molecule has 0 saturated heterocycles. The second kappa shape index (κ2) is 7.20. The first-order chi connectivity index (χ1) is 10.9. The molecule has 1 aromatic carbocycles. The van der Waals surface area contributed by atoms with Gasteiger partial charge >= 0.3 is 0 Å². The van der Waals surface area contributed by atoms with Crippen LogP contribution in [0.3, 0.4) is 0 Å². The van der Waals surface area contributed by atoms with Gasteiger partial charge < -0.3 is 9.42 Å². The molecule has 1 heterocycles. The first-order valence-corrected chi connectivity index (χ1v) is 8.71. The van der Waals surface area contributed by atoms with E-state index in [4.69, 9.17) is 4.52 Å². The van der Waals surface area contributed by atoms with E-state index in [1.165, 1.54) is 16.8 Å². The molecule has 0 aliphatic carbocycles. The Morgan fingerprint density at radius 1 is 1.13 bits per heavy atom. The molecule has 0 bridgehead atoms. The third kappa shape index (κ3) is 3.44. The number of nitrogens with zero attached hydrogens (tertiary/aromatic N) is 2. The summed E-state index contributed by atoms with van der Waals surface area (Å²) in [6, 6.07) is 7.25. The highest BCUT2D eigenvalue weighted by atomic mass is 16.5. The van der Waals surface area contributed by atoms with Crippen molar-refractivity contribution in [3.63, 3.8) is 0 Å². The summed E-state index contributed by atoms with van der Waals surface area (Å²) in [7, 11) is 0.